The molecule has 1 aliphatic heterocycles. The number of piperidine rings is 1. The summed E-state index contributed by atoms with van der Waals surface area (Å²) in [6.07, 6.45) is 2.74. The summed E-state index contributed by atoms with van der Waals surface area (Å²) in [5, 5.41) is 12.4. The molecule has 4 rings (SSSR count). The third-order valence-electron chi connectivity index (χ3n) is 4.79. The van der Waals surface area contributed by atoms with E-state index in [1.807, 2.05) is 12.1 Å². The maximum atomic E-state index is 12.9. The van der Waals surface area contributed by atoms with Crippen molar-refractivity contribution in [2.45, 2.75) is 24.2 Å². The Morgan fingerprint density at radius 2 is 1.77 bits per heavy atom. The molecule has 1 N–H and O–H groups in total. The Morgan fingerprint density at radius 1 is 1.03 bits per heavy atom. The molecule has 1 saturated heterocycles. The summed E-state index contributed by atoms with van der Waals surface area (Å²) in [6.45, 7) is 1.02. The van der Waals surface area contributed by atoms with Gasteiger partial charge in [-0.3, -0.25) is 10.1 Å². The third kappa shape index (κ3) is 4.54. The van der Waals surface area contributed by atoms with Gasteiger partial charge in [0.25, 0.3) is 5.91 Å². The number of nitrogens with one attached hydrogen (secondary N) is 1. The first-order valence-corrected chi connectivity index (χ1v) is 12.1. The zero-order valence-electron chi connectivity index (χ0n) is 15.9. The zero-order valence-corrected chi connectivity index (χ0v) is 18.3. The van der Waals surface area contributed by atoms with Crippen molar-refractivity contribution in [1.82, 2.24) is 14.5 Å². The van der Waals surface area contributed by atoms with Crippen LogP contribution in [0.5, 0.6) is 0 Å². The fourth-order valence-electron chi connectivity index (χ4n) is 3.20. The van der Waals surface area contributed by atoms with Crippen LogP contribution >= 0.6 is 22.9 Å². The number of carbonyl (C=O) groups excluding carboxylic acids is 1. The second-order valence-corrected chi connectivity index (χ2v) is 10.2. The number of rotatable bonds is 5. The van der Waals surface area contributed by atoms with Gasteiger partial charge in [-0.15, -0.1) is 10.2 Å². The van der Waals surface area contributed by atoms with Gasteiger partial charge in [0.2, 0.25) is 15.2 Å². The summed E-state index contributed by atoms with van der Waals surface area (Å²) < 4.78 is 27.2. The molecule has 156 valence electrons. The van der Waals surface area contributed by atoms with Gasteiger partial charge in [0, 0.05) is 29.2 Å². The molecule has 0 spiro atoms. The van der Waals surface area contributed by atoms with E-state index in [1.165, 1.54) is 27.8 Å². The molecule has 0 unspecified atom stereocenters. The monoisotopic (exact) mass is 462 g/mol. The van der Waals surface area contributed by atoms with Gasteiger partial charge < -0.3 is 0 Å². The molecule has 10 heteroatoms. The van der Waals surface area contributed by atoms with Crippen LogP contribution in [0.4, 0.5) is 5.13 Å². The number of nitrogens with zero attached hydrogens (tertiary/aromatic N) is 3. The summed E-state index contributed by atoms with van der Waals surface area (Å²) in [6, 6.07) is 13.2. The standard InChI is InChI=1S/C20H19ClN4O3S2/c21-16-9-7-14(8-10-16)19-23-24-20(29-19)22-18(26)15-5-4-6-17(13-15)30(27,28)25-11-2-1-3-12-25/h4-10,13H,1-3,11-12H2,(H,22,24,26). The molecule has 1 aliphatic rings. The molecule has 1 aromatic heterocycles. The quantitative estimate of drug-likeness (QED) is 0.610. The molecule has 7 nitrogen and oxygen atoms in total. The summed E-state index contributed by atoms with van der Waals surface area (Å²) >= 11 is 7.12. The van der Waals surface area contributed by atoms with E-state index < -0.39 is 15.9 Å². The van der Waals surface area contributed by atoms with E-state index in [9.17, 15) is 13.2 Å². The third-order valence-corrected chi connectivity index (χ3v) is 7.82. The van der Waals surface area contributed by atoms with Crippen LogP contribution in [0.25, 0.3) is 10.6 Å². The first-order chi connectivity index (χ1) is 14.4. The van der Waals surface area contributed by atoms with Crippen molar-refractivity contribution in [2.24, 2.45) is 0 Å². The maximum Gasteiger partial charge on any atom is 0.257 e. The number of amides is 1. The van der Waals surface area contributed by atoms with Gasteiger partial charge >= 0.3 is 0 Å². The molecule has 1 fully saturated rings. The van der Waals surface area contributed by atoms with E-state index in [0.717, 1.165) is 24.8 Å². The fourth-order valence-corrected chi connectivity index (χ4v) is 5.64. The lowest BCUT2D eigenvalue weighted by Crippen LogP contribution is -2.35. The highest BCUT2D eigenvalue weighted by atomic mass is 35.5. The van der Waals surface area contributed by atoms with Crippen LogP contribution in [0, 0.1) is 0 Å². The molecule has 0 aliphatic carbocycles. The summed E-state index contributed by atoms with van der Waals surface area (Å²) in [7, 11) is -3.61. The first-order valence-electron chi connectivity index (χ1n) is 9.44. The van der Waals surface area contributed by atoms with Crippen LogP contribution in [-0.2, 0) is 10.0 Å². The minimum Gasteiger partial charge on any atom is -0.296 e. The first kappa shape index (κ1) is 20.9. The van der Waals surface area contributed by atoms with E-state index in [2.05, 4.69) is 15.5 Å². The maximum absolute atomic E-state index is 12.9. The van der Waals surface area contributed by atoms with E-state index >= 15 is 0 Å². The Kier molecular flexibility index (Phi) is 6.14. The molecule has 0 radical (unpaired) electrons. The summed E-state index contributed by atoms with van der Waals surface area (Å²) in [5.41, 5.74) is 1.09. The Labute approximate surface area is 183 Å². The number of benzene rings is 2. The van der Waals surface area contributed by atoms with Crippen molar-refractivity contribution in [3.05, 3.63) is 59.1 Å². The van der Waals surface area contributed by atoms with Crippen molar-refractivity contribution < 1.29 is 13.2 Å². The molecule has 1 amide bonds. The number of anilines is 1. The van der Waals surface area contributed by atoms with Crippen LogP contribution < -0.4 is 5.32 Å². The summed E-state index contributed by atoms with van der Waals surface area (Å²) in [4.78, 5) is 12.8. The predicted molar refractivity (Wildman–Crippen MR) is 117 cm³/mol. The minimum absolute atomic E-state index is 0.121. The number of sulfonamides is 1. The van der Waals surface area contributed by atoms with Crippen LogP contribution in [0.3, 0.4) is 0 Å². The number of halogens is 1. The normalized spacial score (nSPS) is 15.1. The largest absolute Gasteiger partial charge is 0.296 e. The van der Waals surface area contributed by atoms with Crippen molar-refractivity contribution in [2.75, 3.05) is 18.4 Å². The van der Waals surface area contributed by atoms with E-state index in [0.29, 0.717) is 28.3 Å². The lowest BCUT2D eigenvalue weighted by Gasteiger charge is -2.26. The van der Waals surface area contributed by atoms with Gasteiger partial charge in [-0.25, -0.2) is 8.42 Å². The van der Waals surface area contributed by atoms with Gasteiger partial charge in [0.15, 0.2) is 0 Å². The highest BCUT2D eigenvalue weighted by molar-refractivity contribution is 7.89. The Balaban J connectivity index is 1.50. The number of hydrogen-bond donors (Lipinski definition) is 1. The molecule has 0 atom stereocenters. The zero-order chi connectivity index (χ0) is 21.1. The number of hydrogen-bond acceptors (Lipinski definition) is 6. The molecular formula is C20H19ClN4O3S2. The van der Waals surface area contributed by atoms with Gasteiger partial charge in [0.05, 0.1) is 4.90 Å². The van der Waals surface area contributed by atoms with Gasteiger partial charge in [-0.05, 0) is 43.2 Å². The molecule has 3 aromatic rings. The second kappa shape index (κ2) is 8.81. The smallest absolute Gasteiger partial charge is 0.257 e. The molecule has 30 heavy (non-hydrogen) atoms. The number of aromatic nitrogens is 2. The number of carbonyl (C=O) groups is 1. The molecule has 2 aromatic carbocycles. The van der Waals surface area contributed by atoms with Gasteiger partial charge in [-0.1, -0.05) is 47.6 Å². The second-order valence-electron chi connectivity index (χ2n) is 6.87. The lowest BCUT2D eigenvalue weighted by molar-refractivity contribution is 0.102. The highest BCUT2D eigenvalue weighted by Gasteiger charge is 2.26. The van der Waals surface area contributed by atoms with E-state index in [-0.39, 0.29) is 10.5 Å². The Bertz CT molecular complexity index is 1160. The van der Waals surface area contributed by atoms with Crippen LogP contribution in [0.1, 0.15) is 29.6 Å². The van der Waals surface area contributed by atoms with Crippen LogP contribution in [0.2, 0.25) is 5.02 Å². The van der Waals surface area contributed by atoms with Gasteiger partial charge in [0.1, 0.15) is 5.01 Å². The molecule has 2 heterocycles. The SMILES string of the molecule is O=C(Nc1nnc(-c2ccc(Cl)cc2)s1)c1cccc(S(=O)(=O)N2CCCCC2)c1. The average Bonchev–Trinajstić information content (AvgIpc) is 3.23. The van der Waals surface area contributed by atoms with Crippen molar-refractivity contribution in [1.29, 1.82) is 0 Å². The molecule has 0 bridgehead atoms. The lowest BCUT2D eigenvalue weighted by atomic mass is 10.2. The Morgan fingerprint density at radius 3 is 2.50 bits per heavy atom. The minimum atomic E-state index is -3.61. The topological polar surface area (TPSA) is 92.3 Å². The average molecular weight is 463 g/mol. The van der Waals surface area contributed by atoms with E-state index in [4.69, 9.17) is 11.6 Å². The molecule has 0 saturated carbocycles. The van der Waals surface area contributed by atoms with Gasteiger partial charge in [-0.2, -0.15) is 4.31 Å². The van der Waals surface area contributed by atoms with Crippen molar-refractivity contribution in [3.8, 4) is 10.6 Å². The van der Waals surface area contributed by atoms with Crippen LogP contribution in [0.15, 0.2) is 53.4 Å². The fraction of sp³-hybridized carbons (Fsp3) is 0.250. The summed E-state index contributed by atoms with van der Waals surface area (Å²) in [5.74, 6) is -0.440. The predicted octanol–water partition coefficient (Wildman–Crippen LogP) is 4.29. The van der Waals surface area contributed by atoms with E-state index in [1.54, 1.807) is 24.3 Å². The van der Waals surface area contributed by atoms with Crippen molar-refractivity contribution in [3.63, 3.8) is 0 Å². The Hall–Kier alpha value is -2.33. The highest BCUT2D eigenvalue weighted by Crippen LogP contribution is 2.28. The van der Waals surface area contributed by atoms with Crippen LogP contribution in [-0.4, -0.2) is 41.9 Å². The molecular weight excluding hydrogens is 444 g/mol. The van der Waals surface area contributed by atoms with Crippen molar-refractivity contribution >= 4 is 44.0 Å².